The minimum Gasteiger partial charge on any atom is -0.397 e. The topological polar surface area (TPSA) is 72.9 Å². The third kappa shape index (κ3) is 2.63. The Morgan fingerprint density at radius 3 is 2.89 bits per heavy atom. The second-order valence-corrected chi connectivity index (χ2v) is 4.98. The molecule has 1 heterocycles. The zero-order valence-corrected chi connectivity index (χ0v) is 12.0. The van der Waals surface area contributed by atoms with Gasteiger partial charge in [0.2, 0.25) is 0 Å². The third-order valence-corrected chi connectivity index (χ3v) is 2.98. The monoisotopic (exact) mass is 356 g/mol. The van der Waals surface area contributed by atoms with Crippen LogP contribution in [0, 0.1) is 3.57 Å². The van der Waals surface area contributed by atoms with Crippen LogP contribution >= 0.6 is 22.6 Å². The highest BCUT2D eigenvalue weighted by molar-refractivity contribution is 14.1. The van der Waals surface area contributed by atoms with Gasteiger partial charge in [-0.2, -0.15) is 5.10 Å². The molecule has 0 aliphatic carbocycles. The molecule has 0 aliphatic heterocycles. The fraction of sp³-hybridized carbons (Fsp3) is 0.167. The number of rotatable bonds is 3. The molecule has 1 amide bonds. The van der Waals surface area contributed by atoms with Crippen LogP contribution in [0.2, 0.25) is 0 Å². The molecule has 0 atom stereocenters. The number of aromatic nitrogens is 2. The summed E-state index contributed by atoms with van der Waals surface area (Å²) in [5.41, 5.74) is 7.80. The lowest BCUT2D eigenvalue weighted by atomic mass is 10.1. The van der Waals surface area contributed by atoms with Gasteiger partial charge < -0.3 is 11.1 Å². The second-order valence-electron chi connectivity index (χ2n) is 3.74. The Labute approximate surface area is 119 Å². The number of nitrogens with zero attached hydrogens (tertiary/aromatic N) is 2. The number of anilines is 1. The first-order valence-electron chi connectivity index (χ1n) is 5.50. The van der Waals surface area contributed by atoms with E-state index in [1.54, 1.807) is 29.1 Å². The molecular formula is C12H13IN4O. The first-order valence-corrected chi connectivity index (χ1v) is 6.58. The van der Waals surface area contributed by atoms with Gasteiger partial charge in [0.05, 0.1) is 21.1 Å². The number of hydrogen-bond donors (Lipinski definition) is 2. The van der Waals surface area contributed by atoms with E-state index < -0.39 is 0 Å². The van der Waals surface area contributed by atoms with Crippen LogP contribution < -0.4 is 11.1 Å². The molecule has 0 saturated carbocycles. The van der Waals surface area contributed by atoms with Gasteiger partial charge in [-0.3, -0.25) is 4.79 Å². The SMILES string of the molecule is CCNC(=O)c1ccc(-n2cc(I)cn2)c(N)c1. The van der Waals surface area contributed by atoms with Crippen LogP contribution in [0.3, 0.4) is 0 Å². The molecule has 0 aliphatic rings. The molecule has 0 spiro atoms. The quantitative estimate of drug-likeness (QED) is 0.651. The number of halogens is 1. The summed E-state index contributed by atoms with van der Waals surface area (Å²) in [7, 11) is 0. The highest BCUT2D eigenvalue weighted by atomic mass is 127. The van der Waals surface area contributed by atoms with Crippen LogP contribution in [0.4, 0.5) is 5.69 Å². The summed E-state index contributed by atoms with van der Waals surface area (Å²) in [6, 6.07) is 5.20. The molecule has 3 N–H and O–H groups in total. The van der Waals surface area contributed by atoms with E-state index in [0.717, 1.165) is 9.26 Å². The van der Waals surface area contributed by atoms with Gasteiger partial charge in [0.1, 0.15) is 0 Å². The number of carbonyl (C=O) groups is 1. The van der Waals surface area contributed by atoms with E-state index in [-0.39, 0.29) is 5.91 Å². The molecule has 6 heteroatoms. The van der Waals surface area contributed by atoms with Gasteiger partial charge in [0.25, 0.3) is 5.91 Å². The number of nitrogen functional groups attached to an aromatic ring is 1. The number of nitrogens with two attached hydrogens (primary N) is 1. The number of carbonyl (C=O) groups excluding carboxylic acids is 1. The standard InChI is InChI=1S/C12H13IN4O/c1-2-15-12(18)8-3-4-11(10(14)5-8)17-7-9(13)6-16-17/h3-7H,2,14H2,1H3,(H,15,18). The summed E-state index contributed by atoms with van der Waals surface area (Å²) in [5.74, 6) is -0.120. The van der Waals surface area contributed by atoms with E-state index in [0.29, 0.717) is 17.8 Å². The van der Waals surface area contributed by atoms with Crippen LogP contribution in [0.15, 0.2) is 30.6 Å². The van der Waals surface area contributed by atoms with Crippen molar-refractivity contribution in [3.05, 3.63) is 39.7 Å². The van der Waals surface area contributed by atoms with Crippen LogP contribution in [-0.4, -0.2) is 22.2 Å². The fourth-order valence-electron chi connectivity index (χ4n) is 1.60. The molecule has 1 aromatic heterocycles. The van der Waals surface area contributed by atoms with Crippen molar-refractivity contribution in [2.45, 2.75) is 6.92 Å². The van der Waals surface area contributed by atoms with Crippen LogP contribution in [0.5, 0.6) is 0 Å². The van der Waals surface area contributed by atoms with Crippen LogP contribution in [0.25, 0.3) is 5.69 Å². The Morgan fingerprint density at radius 1 is 1.56 bits per heavy atom. The lowest BCUT2D eigenvalue weighted by molar-refractivity contribution is 0.0956. The lowest BCUT2D eigenvalue weighted by Crippen LogP contribution is -2.22. The summed E-state index contributed by atoms with van der Waals surface area (Å²) in [5, 5.41) is 6.92. The predicted octanol–water partition coefficient (Wildman–Crippen LogP) is 1.81. The summed E-state index contributed by atoms with van der Waals surface area (Å²) < 4.78 is 2.72. The minimum atomic E-state index is -0.120. The van der Waals surface area contributed by atoms with Crippen molar-refractivity contribution < 1.29 is 4.79 Å². The molecule has 0 saturated heterocycles. The fourth-order valence-corrected chi connectivity index (χ4v) is 1.99. The van der Waals surface area contributed by atoms with Crippen molar-refractivity contribution in [2.75, 3.05) is 12.3 Å². The first kappa shape index (κ1) is 12.9. The number of nitrogens with one attached hydrogen (secondary N) is 1. The van der Waals surface area contributed by atoms with Crippen molar-refractivity contribution in [2.24, 2.45) is 0 Å². The molecular weight excluding hydrogens is 343 g/mol. The Balaban J connectivity index is 2.33. The maximum Gasteiger partial charge on any atom is 0.251 e. The maximum absolute atomic E-state index is 11.7. The summed E-state index contributed by atoms with van der Waals surface area (Å²) in [6.07, 6.45) is 3.62. The van der Waals surface area contributed by atoms with Gasteiger partial charge >= 0.3 is 0 Å². The lowest BCUT2D eigenvalue weighted by Gasteiger charge is -2.08. The van der Waals surface area contributed by atoms with Crippen molar-refractivity contribution >= 4 is 34.2 Å². The maximum atomic E-state index is 11.7. The smallest absolute Gasteiger partial charge is 0.251 e. The molecule has 1 aromatic carbocycles. The molecule has 2 rings (SSSR count). The molecule has 0 radical (unpaired) electrons. The molecule has 2 aromatic rings. The predicted molar refractivity (Wildman–Crippen MR) is 78.7 cm³/mol. The Kier molecular flexibility index (Phi) is 3.85. The average molecular weight is 356 g/mol. The summed E-state index contributed by atoms with van der Waals surface area (Å²) in [4.78, 5) is 11.7. The molecule has 0 bridgehead atoms. The van der Waals surface area contributed by atoms with Gasteiger partial charge in [0, 0.05) is 18.3 Å². The zero-order valence-electron chi connectivity index (χ0n) is 9.85. The van der Waals surface area contributed by atoms with Gasteiger partial charge in [-0.05, 0) is 47.7 Å². The summed E-state index contributed by atoms with van der Waals surface area (Å²) in [6.45, 7) is 2.47. The minimum absolute atomic E-state index is 0.120. The van der Waals surface area contributed by atoms with Crippen molar-refractivity contribution in [1.82, 2.24) is 15.1 Å². The van der Waals surface area contributed by atoms with Gasteiger partial charge in [-0.1, -0.05) is 0 Å². The van der Waals surface area contributed by atoms with E-state index in [1.807, 2.05) is 13.1 Å². The Morgan fingerprint density at radius 2 is 2.33 bits per heavy atom. The molecule has 0 unspecified atom stereocenters. The van der Waals surface area contributed by atoms with Crippen LogP contribution in [0.1, 0.15) is 17.3 Å². The van der Waals surface area contributed by atoms with Gasteiger partial charge in [0.15, 0.2) is 0 Å². The summed E-state index contributed by atoms with van der Waals surface area (Å²) >= 11 is 2.18. The van der Waals surface area contributed by atoms with E-state index in [4.69, 9.17) is 5.73 Å². The largest absolute Gasteiger partial charge is 0.397 e. The zero-order chi connectivity index (χ0) is 13.1. The van der Waals surface area contributed by atoms with Gasteiger partial charge in [-0.25, -0.2) is 4.68 Å². The van der Waals surface area contributed by atoms with E-state index in [1.165, 1.54) is 0 Å². The van der Waals surface area contributed by atoms with Crippen molar-refractivity contribution in [3.63, 3.8) is 0 Å². The number of benzene rings is 1. The molecule has 18 heavy (non-hydrogen) atoms. The average Bonchev–Trinajstić information content (AvgIpc) is 2.76. The first-order chi connectivity index (χ1) is 8.61. The normalized spacial score (nSPS) is 10.3. The van der Waals surface area contributed by atoms with E-state index >= 15 is 0 Å². The number of hydrogen-bond acceptors (Lipinski definition) is 3. The van der Waals surface area contributed by atoms with Crippen LogP contribution in [-0.2, 0) is 0 Å². The molecule has 0 fully saturated rings. The Hall–Kier alpha value is -1.57. The van der Waals surface area contributed by atoms with Gasteiger partial charge in [-0.15, -0.1) is 0 Å². The van der Waals surface area contributed by atoms with E-state index in [9.17, 15) is 4.79 Å². The second kappa shape index (κ2) is 5.38. The number of amides is 1. The van der Waals surface area contributed by atoms with Crippen molar-refractivity contribution in [3.8, 4) is 5.69 Å². The molecule has 5 nitrogen and oxygen atoms in total. The van der Waals surface area contributed by atoms with Crippen molar-refractivity contribution in [1.29, 1.82) is 0 Å². The molecule has 94 valence electrons. The van der Waals surface area contributed by atoms with E-state index in [2.05, 4.69) is 33.0 Å². The third-order valence-electron chi connectivity index (χ3n) is 2.42. The Bertz CT molecular complexity index is 579. The highest BCUT2D eigenvalue weighted by Gasteiger charge is 2.09. The highest BCUT2D eigenvalue weighted by Crippen LogP contribution is 2.19.